The first-order chi connectivity index (χ1) is 8.70. The van der Waals surface area contributed by atoms with Crippen molar-refractivity contribution in [1.82, 2.24) is 0 Å². The number of nitrogens with two attached hydrogens (primary N) is 1. The molecule has 2 rings (SSSR count). The molecule has 0 atom stereocenters. The fourth-order valence-electron chi connectivity index (χ4n) is 2.09. The van der Waals surface area contributed by atoms with E-state index in [9.17, 15) is 12.8 Å². The molecule has 1 aliphatic heterocycles. The first-order valence-corrected chi connectivity index (χ1v) is 7.94. The minimum absolute atomic E-state index is 0.0947. The van der Waals surface area contributed by atoms with Gasteiger partial charge in [-0.05, 0) is 23.6 Å². The fourth-order valence-corrected chi connectivity index (χ4v) is 3.31. The number of halogens is 2. The van der Waals surface area contributed by atoms with Gasteiger partial charge in [-0.3, -0.25) is 0 Å². The quantitative estimate of drug-likeness (QED) is 0.930. The van der Waals surface area contributed by atoms with E-state index in [0.29, 0.717) is 10.7 Å². The fraction of sp³-hybridized carbons (Fsp3) is 0.500. The summed E-state index contributed by atoms with van der Waals surface area (Å²) in [6, 6.07) is 2.74. The molecule has 106 valence electrons. The Balaban J connectivity index is 2.28. The average Bonchev–Trinajstić information content (AvgIpc) is 2.17. The highest BCUT2D eigenvalue weighted by molar-refractivity contribution is 7.89. The Morgan fingerprint density at radius 1 is 1.42 bits per heavy atom. The van der Waals surface area contributed by atoms with Crippen LogP contribution in [0.15, 0.2) is 12.1 Å². The first-order valence-electron chi connectivity index (χ1n) is 5.95. The van der Waals surface area contributed by atoms with Crippen molar-refractivity contribution in [2.75, 3.05) is 18.0 Å². The Bertz CT molecular complexity index is 598. The molecule has 0 bridgehead atoms. The van der Waals surface area contributed by atoms with Crippen LogP contribution in [0.3, 0.4) is 0 Å². The Morgan fingerprint density at radius 3 is 2.47 bits per heavy atom. The van der Waals surface area contributed by atoms with Gasteiger partial charge in [0.25, 0.3) is 0 Å². The van der Waals surface area contributed by atoms with E-state index in [4.69, 9.17) is 16.7 Å². The normalized spacial score (nSPS) is 16.8. The van der Waals surface area contributed by atoms with Crippen LogP contribution in [-0.4, -0.2) is 26.8 Å². The van der Waals surface area contributed by atoms with E-state index in [2.05, 4.69) is 0 Å². The molecule has 1 aliphatic rings. The summed E-state index contributed by atoms with van der Waals surface area (Å²) in [5.74, 6) is -0.278. The van der Waals surface area contributed by atoms with Crippen molar-refractivity contribution < 1.29 is 12.8 Å². The minimum Gasteiger partial charge on any atom is -0.367 e. The van der Waals surface area contributed by atoms with Gasteiger partial charge in [0, 0.05) is 13.1 Å². The average molecular weight is 307 g/mol. The second-order valence-electron chi connectivity index (χ2n) is 5.10. The lowest BCUT2D eigenvalue weighted by Crippen LogP contribution is -2.56. The van der Waals surface area contributed by atoms with Gasteiger partial charge in [0.15, 0.2) is 0 Å². The van der Waals surface area contributed by atoms with Crippen LogP contribution in [0.5, 0.6) is 0 Å². The third kappa shape index (κ3) is 2.85. The smallest absolute Gasteiger partial charge is 0.215 e. The summed E-state index contributed by atoms with van der Waals surface area (Å²) in [6.07, 6.45) is 0. The van der Waals surface area contributed by atoms with Crippen molar-refractivity contribution in [2.24, 2.45) is 5.14 Å². The minimum atomic E-state index is -3.53. The molecule has 1 aromatic rings. The number of nitrogens with zero attached hydrogens (tertiary/aromatic N) is 1. The predicted molar refractivity (Wildman–Crippen MR) is 74.6 cm³/mol. The van der Waals surface area contributed by atoms with Crippen molar-refractivity contribution in [3.05, 3.63) is 28.5 Å². The van der Waals surface area contributed by atoms with Crippen molar-refractivity contribution in [2.45, 2.75) is 25.0 Å². The highest BCUT2D eigenvalue weighted by Gasteiger charge is 2.36. The highest BCUT2D eigenvalue weighted by atomic mass is 35.5. The Kier molecular flexibility index (Phi) is 3.77. The summed E-state index contributed by atoms with van der Waals surface area (Å²) in [5, 5.41) is 4.94. The molecule has 2 N–H and O–H groups in total. The van der Waals surface area contributed by atoms with E-state index in [-0.39, 0.29) is 24.8 Å². The molecule has 0 spiro atoms. The molecule has 0 aromatic heterocycles. The van der Waals surface area contributed by atoms with E-state index in [1.807, 2.05) is 13.8 Å². The molecule has 4 nitrogen and oxygen atoms in total. The topological polar surface area (TPSA) is 63.4 Å². The summed E-state index contributed by atoms with van der Waals surface area (Å²) < 4.78 is 35.9. The highest BCUT2D eigenvalue weighted by Crippen LogP contribution is 2.37. The number of anilines is 1. The van der Waals surface area contributed by atoms with Crippen LogP contribution in [0.1, 0.15) is 25.3 Å². The van der Waals surface area contributed by atoms with Crippen LogP contribution in [0.25, 0.3) is 0 Å². The summed E-state index contributed by atoms with van der Waals surface area (Å²) >= 11 is 6.26. The predicted octanol–water partition coefficient (Wildman–Crippen LogP) is 2.08. The lowest BCUT2D eigenvalue weighted by atomic mass is 10.0. The van der Waals surface area contributed by atoms with Crippen LogP contribution in [0.4, 0.5) is 10.1 Å². The second-order valence-corrected chi connectivity index (χ2v) is 7.32. The van der Waals surface area contributed by atoms with Gasteiger partial charge >= 0.3 is 0 Å². The zero-order chi connectivity index (χ0) is 14.4. The maximum atomic E-state index is 13.6. The van der Waals surface area contributed by atoms with Crippen molar-refractivity contribution in [3.8, 4) is 0 Å². The van der Waals surface area contributed by atoms with Gasteiger partial charge in [-0.2, -0.15) is 0 Å². The Hall–Kier alpha value is -0.850. The van der Waals surface area contributed by atoms with Crippen LogP contribution in [-0.2, 0) is 10.0 Å². The summed E-state index contributed by atoms with van der Waals surface area (Å²) in [4.78, 5) is 1.73. The lowest BCUT2D eigenvalue weighted by molar-refractivity contribution is 0.541. The molecule has 0 amide bonds. The maximum Gasteiger partial charge on any atom is 0.215 e. The van der Waals surface area contributed by atoms with Crippen molar-refractivity contribution in [1.29, 1.82) is 0 Å². The van der Waals surface area contributed by atoms with E-state index in [0.717, 1.165) is 5.56 Å². The van der Waals surface area contributed by atoms with E-state index < -0.39 is 15.3 Å². The maximum absolute atomic E-state index is 13.6. The third-order valence-electron chi connectivity index (χ3n) is 3.32. The Labute approximate surface area is 117 Å². The van der Waals surface area contributed by atoms with Gasteiger partial charge in [0.05, 0.1) is 10.7 Å². The van der Waals surface area contributed by atoms with E-state index in [1.165, 1.54) is 12.1 Å². The van der Waals surface area contributed by atoms with Crippen LogP contribution in [0.2, 0.25) is 5.02 Å². The summed E-state index contributed by atoms with van der Waals surface area (Å²) in [5.41, 5.74) is 1.25. The number of hydrogen-bond donors (Lipinski definition) is 1. The number of sulfonamides is 1. The van der Waals surface area contributed by atoms with Gasteiger partial charge in [-0.25, -0.2) is 17.9 Å². The molecule has 19 heavy (non-hydrogen) atoms. The van der Waals surface area contributed by atoms with Gasteiger partial charge in [-0.1, -0.05) is 25.4 Å². The molecular weight excluding hydrogens is 291 g/mol. The summed E-state index contributed by atoms with van der Waals surface area (Å²) in [6.45, 7) is 4.35. The largest absolute Gasteiger partial charge is 0.367 e. The van der Waals surface area contributed by atoms with E-state index >= 15 is 0 Å². The number of benzene rings is 1. The SMILES string of the molecule is CC(C)c1cc(F)cc(N2CC(S(N)(=O)=O)C2)c1Cl. The zero-order valence-corrected chi connectivity index (χ0v) is 12.3. The molecule has 0 radical (unpaired) electrons. The molecule has 1 saturated heterocycles. The molecule has 0 unspecified atom stereocenters. The molecule has 1 fully saturated rings. The van der Waals surface area contributed by atoms with Crippen LogP contribution < -0.4 is 10.0 Å². The van der Waals surface area contributed by atoms with Crippen molar-refractivity contribution >= 4 is 27.3 Å². The van der Waals surface area contributed by atoms with Crippen LogP contribution in [0, 0.1) is 5.82 Å². The molecule has 0 saturated carbocycles. The number of rotatable bonds is 3. The molecule has 1 aromatic carbocycles. The molecule has 0 aliphatic carbocycles. The second kappa shape index (κ2) is 4.92. The van der Waals surface area contributed by atoms with Gasteiger partial charge in [0.1, 0.15) is 11.1 Å². The van der Waals surface area contributed by atoms with Gasteiger partial charge in [-0.15, -0.1) is 0 Å². The van der Waals surface area contributed by atoms with Crippen LogP contribution >= 0.6 is 11.6 Å². The zero-order valence-electron chi connectivity index (χ0n) is 10.7. The molecule has 7 heteroatoms. The molecular formula is C12H16ClFN2O2S. The molecule has 1 heterocycles. The monoisotopic (exact) mass is 306 g/mol. The Morgan fingerprint density at radius 2 is 2.00 bits per heavy atom. The number of primary sulfonamides is 1. The summed E-state index contributed by atoms with van der Waals surface area (Å²) in [7, 11) is -3.53. The van der Waals surface area contributed by atoms with Gasteiger partial charge < -0.3 is 4.90 Å². The number of hydrogen-bond acceptors (Lipinski definition) is 3. The first kappa shape index (κ1) is 14.6. The lowest BCUT2D eigenvalue weighted by Gasteiger charge is -2.40. The van der Waals surface area contributed by atoms with Gasteiger partial charge in [0.2, 0.25) is 10.0 Å². The van der Waals surface area contributed by atoms with Crippen molar-refractivity contribution in [3.63, 3.8) is 0 Å². The third-order valence-corrected chi connectivity index (χ3v) is 4.96. The van der Waals surface area contributed by atoms with E-state index in [1.54, 1.807) is 4.90 Å². The standard InChI is InChI=1S/C12H16ClFN2O2S/c1-7(2)10-3-8(14)4-11(12(10)13)16-5-9(6-16)19(15,17)18/h3-4,7,9H,5-6H2,1-2H3,(H2,15,17,18).